The van der Waals surface area contributed by atoms with Crippen molar-refractivity contribution in [1.82, 2.24) is 0 Å². The van der Waals surface area contributed by atoms with Crippen LogP contribution in [0.25, 0.3) is 0 Å². The van der Waals surface area contributed by atoms with Gasteiger partial charge in [-0.1, -0.05) is 15.9 Å². The van der Waals surface area contributed by atoms with Crippen molar-refractivity contribution in [2.75, 3.05) is 0 Å². The third-order valence-corrected chi connectivity index (χ3v) is 11.6. The van der Waals surface area contributed by atoms with Gasteiger partial charge in [-0.15, -0.1) is 0 Å². The van der Waals surface area contributed by atoms with Gasteiger partial charge in [-0.3, -0.25) is 4.57 Å². The van der Waals surface area contributed by atoms with E-state index in [1.54, 1.807) is 0 Å². The quantitative estimate of drug-likeness (QED) is 0.407. The Kier molecular flexibility index (Phi) is 2.63. The topological polar surface area (TPSA) is 17.1 Å². The number of rotatable bonds is 1. The normalized spacial score (nSPS) is 53.5. The van der Waals surface area contributed by atoms with Crippen LogP contribution in [-0.4, -0.2) is 9.48 Å². The predicted octanol–water partition coefficient (Wildman–Crippen LogP) is 5.46. The van der Waals surface area contributed by atoms with Crippen molar-refractivity contribution in [2.24, 2.45) is 11.8 Å². The molecule has 0 aromatic heterocycles. The van der Waals surface area contributed by atoms with Crippen molar-refractivity contribution in [3.8, 4) is 0 Å². The summed E-state index contributed by atoms with van der Waals surface area (Å²) >= 11 is 10.8. The first kappa shape index (κ1) is 11.7. The Labute approximate surface area is 115 Å². The minimum atomic E-state index is -2.31. The van der Waals surface area contributed by atoms with Crippen molar-refractivity contribution in [3.05, 3.63) is 0 Å². The summed E-state index contributed by atoms with van der Waals surface area (Å²) in [4.78, 5) is 0. The van der Waals surface area contributed by atoms with Crippen LogP contribution < -0.4 is 0 Å². The Morgan fingerprint density at radius 3 is 2.00 bits per heavy atom. The average molecular weight is 421 g/mol. The Bertz CT molecular complexity index is 337. The van der Waals surface area contributed by atoms with Gasteiger partial charge in [0.05, 0.1) is 0 Å². The van der Waals surface area contributed by atoms with Crippen molar-refractivity contribution in [1.29, 1.82) is 0 Å². The van der Waals surface area contributed by atoms with Gasteiger partial charge in [0.15, 0.2) is 0 Å². The molecule has 0 aliphatic heterocycles. The van der Waals surface area contributed by atoms with E-state index in [1.165, 1.54) is 19.3 Å². The lowest BCUT2D eigenvalue weighted by Crippen LogP contribution is -2.55. The highest BCUT2D eigenvalue weighted by molar-refractivity contribution is 9.70. The number of alkyl halides is 1. The van der Waals surface area contributed by atoms with Crippen LogP contribution in [-0.2, 0) is 4.57 Å². The van der Waals surface area contributed by atoms with Gasteiger partial charge in [0.2, 0.25) is 4.55 Å². The standard InChI is InChI=1S/C10H14Br3OP/c11-9-2-7-1-8(3-9)5-10(4-7,6-9)15(12,13)14/h7-8H,1-6H2. The summed E-state index contributed by atoms with van der Waals surface area (Å²) in [6, 6.07) is 0. The van der Waals surface area contributed by atoms with E-state index in [0.29, 0.717) is 4.32 Å². The molecule has 4 rings (SSSR count). The van der Waals surface area contributed by atoms with Crippen LogP contribution >= 0.6 is 51.5 Å². The third-order valence-electron chi connectivity index (χ3n) is 4.51. The van der Waals surface area contributed by atoms with E-state index < -0.39 is 4.55 Å². The minimum absolute atomic E-state index is 0.0422. The summed E-state index contributed by atoms with van der Waals surface area (Å²) in [5, 5.41) is 0.0422. The van der Waals surface area contributed by atoms with E-state index in [4.69, 9.17) is 0 Å². The second-order valence-electron chi connectivity index (χ2n) is 5.80. The Balaban J connectivity index is 2.03. The van der Waals surface area contributed by atoms with Crippen LogP contribution in [0.5, 0.6) is 0 Å². The molecule has 15 heavy (non-hydrogen) atoms. The highest BCUT2D eigenvalue weighted by Crippen LogP contribution is 2.81. The molecule has 0 heterocycles. The zero-order valence-electron chi connectivity index (χ0n) is 8.39. The Morgan fingerprint density at radius 2 is 1.60 bits per heavy atom. The van der Waals surface area contributed by atoms with Crippen molar-refractivity contribution >= 4 is 51.5 Å². The fraction of sp³-hybridized carbons (Fsp3) is 1.00. The smallest absolute Gasteiger partial charge is 0.214 e. The van der Waals surface area contributed by atoms with E-state index in [1.807, 2.05) is 0 Å². The molecule has 0 aromatic carbocycles. The van der Waals surface area contributed by atoms with Crippen LogP contribution in [0, 0.1) is 11.8 Å². The van der Waals surface area contributed by atoms with E-state index in [2.05, 4.69) is 46.9 Å². The van der Waals surface area contributed by atoms with E-state index in [9.17, 15) is 4.57 Å². The molecule has 4 aliphatic rings. The maximum atomic E-state index is 12.4. The highest BCUT2D eigenvalue weighted by Gasteiger charge is 2.62. The Morgan fingerprint density at radius 1 is 1.07 bits per heavy atom. The van der Waals surface area contributed by atoms with Crippen LogP contribution in [0.1, 0.15) is 38.5 Å². The maximum absolute atomic E-state index is 12.4. The number of hydrogen-bond acceptors (Lipinski definition) is 1. The first-order valence-electron chi connectivity index (χ1n) is 5.50. The first-order chi connectivity index (χ1) is 6.82. The molecule has 0 amide bonds. The predicted molar refractivity (Wildman–Crippen MR) is 74.5 cm³/mol. The zero-order chi connectivity index (χ0) is 10.9. The lowest BCUT2D eigenvalue weighted by atomic mass is 9.56. The SMILES string of the molecule is O=P(Br)(Br)C12CC3CC(CC(Br)(C3)C1)C2. The monoisotopic (exact) mass is 418 g/mol. The molecule has 0 saturated heterocycles. The molecule has 2 atom stereocenters. The molecule has 0 radical (unpaired) electrons. The van der Waals surface area contributed by atoms with E-state index in [-0.39, 0.29) is 5.16 Å². The summed E-state index contributed by atoms with van der Waals surface area (Å²) in [6.07, 6.45) is 7.36. The lowest BCUT2D eigenvalue weighted by Gasteiger charge is -2.60. The minimum Gasteiger partial charge on any atom is -0.299 e. The van der Waals surface area contributed by atoms with Crippen LogP contribution in [0.15, 0.2) is 0 Å². The first-order valence-corrected chi connectivity index (χ1v) is 12.0. The van der Waals surface area contributed by atoms with Gasteiger partial charge in [-0.2, -0.15) is 0 Å². The van der Waals surface area contributed by atoms with Gasteiger partial charge in [-0.25, -0.2) is 0 Å². The molecule has 86 valence electrons. The molecule has 4 fully saturated rings. The fourth-order valence-corrected chi connectivity index (χ4v) is 10.00. The number of halogens is 3. The van der Waals surface area contributed by atoms with Crippen LogP contribution in [0.2, 0.25) is 0 Å². The lowest BCUT2D eigenvalue weighted by molar-refractivity contribution is 0.0572. The molecule has 0 aromatic rings. The third kappa shape index (κ3) is 1.77. The summed E-state index contributed by atoms with van der Waals surface area (Å²) in [7, 11) is 0. The summed E-state index contributed by atoms with van der Waals surface area (Å²) in [5.74, 6) is 1.60. The second kappa shape index (κ2) is 3.36. The van der Waals surface area contributed by atoms with E-state index >= 15 is 0 Å². The van der Waals surface area contributed by atoms with Gasteiger partial charge in [0, 0.05) is 9.48 Å². The molecular weight excluding hydrogens is 407 g/mol. The molecule has 5 heteroatoms. The molecule has 4 aliphatic carbocycles. The van der Waals surface area contributed by atoms with Crippen LogP contribution in [0.3, 0.4) is 0 Å². The van der Waals surface area contributed by atoms with E-state index in [0.717, 1.165) is 31.1 Å². The van der Waals surface area contributed by atoms with Gasteiger partial charge in [0.25, 0.3) is 0 Å². The molecule has 0 spiro atoms. The zero-order valence-corrected chi connectivity index (χ0v) is 14.0. The summed E-state index contributed by atoms with van der Waals surface area (Å²) in [6.45, 7) is 0. The van der Waals surface area contributed by atoms with Gasteiger partial charge in [-0.05, 0) is 81.3 Å². The average Bonchev–Trinajstić information content (AvgIpc) is 1.95. The fourth-order valence-electron chi connectivity index (χ4n) is 4.41. The summed E-state index contributed by atoms with van der Waals surface area (Å²) in [5.41, 5.74) is 0. The Hall–Kier alpha value is 1.67. The molecule has 4 bridgehead atoms. The van der Waals surface area contributed by atoms with Crippen molar-refractivity contribution < 1.29 is 4.57 Å². The molecule has 1 nitrogen and oxygen atoms in total. The largest absolute Gasteiger partial charge is 0.299 e. The molecule has 2 unspecified atom stereocenters. The maximum Gasteiger partial charge on any atom is 0.214 e. The highest BCUT2D eigenvalue weighted by atomic mass is 79.9. The van der Waals surface area contributed by atoms with Gasteiger partial charge >= 0.3 is 0 Å². The van der Waals surface area contributed by atoms with Gasteiger partial charge in [0.1, 0.15) is 0 Å². The molecular formula is C10H14Br3OP. The second-order valence-corrected chi connectivity index (χ2v) is 18.2. The van der Waals surface area contributed by atoms with Crippen molar-refractivity contribution in [3.63, 3.8) is 0 Å². The van der Waals surface area contributed by atoms with Crippen molar-refractivity contribution in [2.45, 2.75) is 48.0 Å². The molecule has 4 saturated carbocycles. The van der Waals surface area contributed by atoms with Crippen LogP contribution in [0.4, 0.5) is 0 Å². The molecule has 0 N–H and O–H groups in total. The number of hydrogen-bond donors (Lipinski definition) is 0. The van der Waals surface area contributed by atoms with Gasteiger partial charge < -0.3 is 0 Å². The summed E-state index contributed by atoms with van der Waals surface area (Å²) < 4.78 is 10.4.